The lowest BCUT2D eigenvalue weighted by Gasteiger charge is -2.28. The van der Waals surface area contributed by atoms with E-state index in [1.165, 1.54) is 17.8 Å². The van der Waals surface area contributed by atoms with Crippen LogP contribution in [0.3, 0.4) is 0 Å². The van der Waals surface area contributed by atoms with Crippen molar-refractivity contribution in [3.05, 3.63) is 35.8 Å². The topological polar surface area (TPSA) is 110 Å². The highest BCUT2D eigenvalue weighted by molar-refractivity contribution is 7.98. The van der Waals surface area contributed by atoms with Crippen LogP contribution in [-0.4, -0.2) is 77.8 Å². The number of aromatic amines is 1. The molecule has 2 N–H and O–H groups in total. The molecule has 12 heteroatoms. The monoisotopic (exact) mass is 574 g/mol. The van der Waals surface area contributed by atoms with Crippen molar-refractivity contribution in [1.29, 1.82) is 0 Å². The molecule has 10 nitrogen and oxygen atoms in total. The molecular formula is C29H31FN8O2S. The average molecular weight is 575 g/mol. The molecule has 4 aromatic heterocycles. The Kier molecular flexibility index (Phi) is 6.00. The molecular weight excluding hydrogens is 543 g/mol. The van der Waals surface area contributed by atoms with Crippen molar-refractivity contribution in [2.45, 2.75) is 31.0 Å². The second-order valence-electron chi connectivity index (χ2n) is 11.0. The third kappa shape index (κ3) is 3.92. The molecule has 7 rings (SSSR count). The van der Waals surface area contributed by atoms with Crippen LogP contribution in [0.1, 0.15) is 19.4 Å². The van der Waals surface area contributed by atoms with Crippen LogP contribution in [-0.2, 0) is 25.3 Å². The Morgan fingerprint density at radius 2 is 2.02 bits per heavy atom. The lowest BCUT2D eigenvalue weighted by atomic mass is 9.92. The minimum absolute atomic E-state index is 0.235. The number of aromatic nitrogens is 7. The van der Waals surface area contributed by atoms with Gasteiger partial charge in [0.1, 0.15) is 28.6 Å². The normalized spacial score (nSPS) is 18.4. The summed E-state index contributed by atoms with van der Waals surface area (Å²) in [6.45, 7) is 5.43. The molecule has 5 heterocycles. The SMILES string of the molecule is CCc1c(F)ccc2cc3[nH]ncc3c(-c3nn(C)c4c5c(N6CCOC[C@@](C)(O)C6)nc(SC)nc5n(C)c34)c12. The van der Waals surface area contributed by atoms with Crippen LogP contribution in [0.15, 0.2) is 29.6 Å². The average Bonchev–Trinajstić information content (AvgIpc) is 3.59. The summed E-state index contributed by atoms with van der Waals surface area (Å²) in [6, 6.07) is 5.36. The van der Waals surface area contributed by atoms with Crippen molar-refractivity contribution < 1.29 is 14.2 Å². The predicted molar refractivity (Wildman–Crippen MR) is 160 cm³/mol. The molecule has 0 saturated carbocycles. The largest absolute Gasteiger partial charge is 0.386 e. The van der Waals surface area contributed by atoms with Crippen molar-refractivity contribution >= 4 is 61.3 Å². The van der Waals surface area contributed by atoms with E-state index >= 15 is 4.39 Å². The molecule has 0 amide bonds. The molecule has 1 aliphatic rings. The number of anilines is 1. The fourth-order valence-corrected chi connectivity index (χ4v) is 6.66. The molecule has 0 bridgehead atoms. The summed E-state index contributed by atoms with van der Waals surface area (Å²) < 4.78 is 24.9. The Hall–Kier alpha value is -3.74. The third-order valence-corrected chi connectivity index (χ3v) is 8.61. The zero-order valence-electron chi connectivity index (χ0n) is 23.6. The fraction of sp³-hybridized carbons (Fsp3) is 0.379. The zero-order chi connectivity index (χ0) is 28.6. The summed E-state index contributed by atoms with van der Waals surface area (Å²) in [5, 5.41) is 27.6. The van der Waals surface area contributed by atoms with Crippen LogP contribution in [0, 0.1) is 5.82 Å². The molecule has 1 fully saturated rings. The van der Waals surface area contributed by atoms with E-state index in [2.05, 4.69) is 19.7 Å². The number of β-amino-alcohol motifs (C(OH)–C–C–N with tert-alkyl or cyclic N) is 1. The number of rotatable bonds is 4. The first kappa shape index (κ1) is 26.2. The zero-order valence-corrected chi connectivity index (χ0v) is 24.4. The third-order valence-electron chi connectivity index (χ3n) is 8.06. The van der Waals surface area contributed by atoms with Crippen LogP contribution < -0.4 is 4.90 Å². The Balaban J connectivity index is 1.61. The summed E-state index contributed by atoms with van der Waals surface area (Å²) in [5.41, 5.74) is 4.54. The highest BCUT2D eigenvalue weighted by atomic mass is 32.2. The molecule has 1 aliphatic heterocycles. The lowest BCUT2D eigenvalue weighted by Crippen LogP contribution is -2.42. The number of aryl methyl sites for hydroxylation is 3. The van der Waals surface area contributed by atoms with Gasteiger partial charge in [0.25, 0.3) is 0 Å². The molecule has 0 radical (unpaired) electrons. The van der Waals surface area contributed by atoms with Gasteiger partial charge in [-0.15, -0.1) is 0 Å². The van der Waals surface area contributed by atoms with Crippen LogP contribution >= 0.6 is 11.8 Å². The number of hydrogen-bond acceptors (Lipinski definition) is 8. The van der Waals surface area contributed by atoms with Crippen molar-refractivity contribution in [3.8, 4) is 11.3 Å². The Morgan fingerprint density at radius 1 is 1.20 bits per heavy atom. The lowest BCUT2D eigenvalue weighted by molar-refractivity contribution is -0.0123. The van der Waals surface area contributed by atoms with E-state index in [1.54, 1.807) is 13.1 Å². The van der Waals surface area contributed by atoms with Gasteiger partial charge in [0.05, 0.1) is 47.9 Å². The Morgan fingerprint density at radius 3 is 2.80 bits per heavy atom. The van der Waals surface area contributed by atoms with E-state index in [0.29, 0.717) is 36.8 Å². The number of thioether (sulfide) groups is 1. The van der Waals surface area contributed by atoms with E-state index in [0.717, 1.165) is 60.8 Å². The maximum absolute atomic E-state index is 15.2. The second-order valence-corrected chi connectivity index (χ2v) is 11.8. The van der Waals surface area contributed by atoms with Gasteiger partial charge < -0.3 is 19.3 Å². The summed E-state index contributed by atoms with van der Waals surface area (Å²) in [6.07, 6.45) is 4.27. The van der Waals surface area contributed by atoms with E-state index in [4.69, 9.17) is 19.8 Å². The van der Waals surface area contributed by atoms with Gasteiger partial charge in [-0.2, -0.15) is 10.2 Å². The van der Waals surface area contributed by atoms with Gasteiger partial charge in [0.2, 0.25) is 0 Å². The van der Waals surface area contributed by atoms with Gasteiger partial charge in [0.15, 0.2) is 5.16 Å². The molecule has 6 aromatic rings. The first-order valence-electron chi connectivity index (χ1n) is 13.6. The Labute approximate surface area is 239 Å². The number of hydrogen-bond donors (Lipinski definition) is 2. The van der Waals surface area contributed by atoms with Gasteiger partial charge in [0, 0.05) is 31.6 Å². The van der Waals surface area contributed by atoms with Crippen LogP contribution in [0.4, 0.5) is 10.2 Å². The van der Waals surface area contributed by atoms with Crippen LogP contribution in [0.5, 0.6) is 0 Å². The standard InChI is InChI=1S/C29H31FN8O2S/c1-6-16-18(30)8-7-15-11-19-17(12-31-34-19)21(20(15)16)23-25-24(37(4)35-23)22-26(36(25)3)32-28(41-5)33-27(22)38-9-10-40-14-29(2,39)13-38/h7-8,11-12,39H,6,9-10,13-14H2,1-5H3,(H,31,34)/t29-/m0/s1. The van der Waals surface area contributed by atoms with E-state index in [-0.39, 0.29) is 12.4 Å². The van der Waals surface area contributed by atoms with Crippen LogP contribution in [0.2, 0.25) is 0 Å². The van der Waals surface area contributed by atoms with Crippen LogP contribution in [0.25, 0.3) is 55.0 Å². The van der Waals surface area contributed by atoms with Crippen molar-refractivity contribution in [3.63, 3.8) is 0 Å². The molecule has 0 spiro atoms. The molecule has 0 aliphatic carbocycles. The number of benzene rings is 2. The smallest absolute Gasteiger partial charge is 0.191 e. The van der Waals surface area contributed by atoms with E-state index in [9.17, 15) is 5.11 Å². The maximum atomic E-state index is 15.2. The van der Waals surface area contributed by atoms with Gasteiger partial charge in [-0.05, 0) is 48.1 Å². The van der Waals surface area contributed by atoms with Gasteiger partial charge >= 0.3 is 0 Å². The minimum atomic E-state index is -1.03. The summed E-state index contributed by atoms with van der Waals surface area (Å²) in [7, 11) is 3.90. The fourth-order valence-electron chi connectivity index (χ4n) is 6.30. The number of aliphatic hydroxyl groups is 1. The van der Waals surface area contributed by atoms with Gasteiger partial charge in [-0.25, -0.2) is 14.4 Å². The van der Waals surface area contributed by atoms with E-state index in [1.807, 2.05) is 44.1 Å². The van der Waals surface area contributed by atoms with Gasteiger partial charge in [-0.3, -0.25) is 9.78 Å². The van der Waals surface area contributed by atoms with Gasteiger partial charge in [-0.1, -0.05) is 24.8 Å². The number of fused-ring (bicyclic) bond motifs is 5. The molecule has 0 unspecified atom stereocenters. The number of nitrogens with one attached hydrogen (secondary N) is 1. The minimum Gasteiger partial charge on any atom is -0.386 e. The molecule has 1 atom stereocenters. The van der Waals surface area contributed by atoms with Crippen molar-refractivity contribution in [2.75, 3.05) is 37.5 Å². The Bertz CT molecular complexity index is 1990. The number of ether oxygens (including phenoxy) is 1. The molecule has 41 heavy (non-hydrogen) atoms. The quantitative estimate of drug-likeness (QED) is 0.233. The first-order chi connectivity index (χ1) is 19.7. The number of H-pyrrole nitrogens is 1. The molecule has 1 saturated heterocycles. The second kappa shape index (κ2) is 9.40. The van der Waals surface area contributed by atoms with E-state index < -0.39 is 5.60 Å². The predicted octanol–water partition coefficient (Wildman–Crippen LogP) is 4.56. The highest BCUT2D eigenvalue weighted by Gasteiger charge is 2.32. The first-order valence-corrected chi connectivity index (χ1v) is 14.8. The summed E-state index contributed by atoms with van der Waals surface area (Å²) in [5.74, 6) is 0.499. The highest BCUT2D eigenvalue weighted by Crippen LogP contribution is 2.44. The molecule has 212 valence electrons. The summed E-state index contributed by atoms with van der Waals surface area (Å²) >= 11 is 1.47. The maximum Gasteiger partial charge on any atom is 0.191 e. The summed E-state index contributed by atoms with van der Waals surface area (Å²) in [4.78, 5) is 12.0. The molecule has 2 aromatic carbocycles. The number of halogens is 1. The number of nitrogens with zero attached hydrogens (tertiary/aromatic N) is 7. The van der Waals surface area contributed by atoms with Crippen molar-refractivity contribution in [1.82, 2.24) is 34.5 Å². The van der Waals surface area contributed by atoms with Crippen molar-refractivity contribution in [2.24, 2.45) is 14.1 Å².